The van der Waals surface area contributed by atoms with Gasteiger partial charge in [-0.3, -0.25) is 18.6 Å². The summed E-state index contributed by atoms with van der Waals surface area (Å²) in [6.45, 7) is 3.95. The molecular weight excluding hydrogens is 766 g/mol. The van der Waals surface area contributed by atoms with Crippen LogP contribution in [0, 0.1) is 0 Å². The minimum Gasteiger partial charge on any atom is -0.480 e. The average molecular weight is 862 g/mol. The van der Waals surface area contributed by atoms with Gasteiger partial charge in [-0.15, -0.1) is 0 Å². The molecule has 0 rings (SSSR count). The summed E-state index contributed by atoms with van der Waals surface area (Å²) in [4.78, 5) is 33.6. The molecule has 11 heteroatoms. The predicted octanol–water partition coefficient (Wildman–Crippen LogP) is 14.3. The summed E-state index contributed by atoms with van der Waals surface area (Å²) < 4.78 is 33.5. The fourth-order valence-electron chi connectivity index (χ4n) is 7.49. The van der Waals surface area contributed by atoms with Crippen molar-refractivity contribution in [2.24, 2.45) is 5.73 Å². The third-order valence-corrected chi connectivity index (χ3v) is 12.3. The van der Waals surface area contributed by atoms with Crippen LogP contribution in [-0.4, -0.2) is 60.5 Å². The first-order chi connectivity index (χ1) is 28.7. The fraction of sp³-hybridized carbons (Fsp3) is 0.958. The highest BCUT2D eigenvalue weighted by atomic mass is 31.2. The van der Waals surface area contributed by atoms with Crippen molar-refractivity contribution in [3.8, 4) is 0 Å². The number of phosphoric ester groups is 1. The van der Waals surface area contributed by atoms with Gasteiger partial charge in [0.05, 0.1) is 19.8 Å². The second-order valence-corrected chi connectivity index (χ2v) is 18.8. The molecule has 0 heterocycles. The van der Waals surface area contributed by atoms with Gasteiger partial charge in [-0.2, -0.15) is 0 Å². The standard InChI is InChI=1S/C48H96NO9P/c1-3-5-7-9-11-13-15-17-19-20-21-22-23-24-25-26-27-28-30-32-34-36-38-40-47(50)58-45(43-56-59(53,54)57-44-46(49)48(51)52)42-55-41-39-37-35-33-31-29-18-16-14-12-10-8-6-4-2/h45-46H,3-44,49H2,1-2H3,(H,51,52)(H,53,54)/t45-,46+/m1/s1. The van der Waals surface area contributed by atoms with E-state index < -0.39 is 45.1 Å². The van der Waals surface area contributed by atoms with Gasteiger partial charge in [-0.25, -0.2) is 4.57 Å². The minimum atomic E-state index is -4.61. The van der Waals surface area contributed by atoms with E-state index in [2.05, 4.69) is 13.8 Å². The number of carboxylic acids is 1. The van der Waals surface area contributed by atoms with Crippen molar-refractivity contribution in [1.29, 1.82) is 0 Å². The molecule has 0 aliphatic rings. The Morgan fingerprint density at radius 2 is 0.780 bits per heavy atom. The van der Waals surface area contributed by atoms with Gasteiger partial charge in [-0.1, -0.05) is 239 Å². The van der Waals surface area contributed by atoms with Crippen molar-refractivity contribution in [1.82, 2.24) is 0 Å². The molecule has 352 valence electrons. The summed E-state index contributed by atoms with van der Waals surface area (Å²) in [5, 5.41) is 8.91. The second-order valence-electron chi connectivity index (χ2n) is 17.3. The number of rotatable bonds is 49. The molecule has 4 N–H and O–H groups in total. The highest BCUT2D eigenvalue weighted by molar-refractivity contribution is 7.47. The Balaban J connectivity index is 4.05. The first-order valence-electron chi connectivity index (χ1n) is 25.1. The van der Waals surface area contributed by atoms with E-state index in [1.165, 1.54) is 199 Å². The van der Waals surface area contributed by atoms with E-state index in [0.717, 1.165) is 38.5 Å². The molecule has 0 aromatic carbocycles. The van der Waals surface area contributed by atoms with E-state index >= 15 is 0 Å². The number of aliphatic carboxylic acids is 1. The molecule has 0 radical (unpaired) electrons. The number of hydrogen-bond acceptors (Lipinski definition) is 8. The Kier molecular flexibility index (Phi) is 44.2. The second kappa shape index (κ2) is 45.0. The van der Waals surface area contributed by atoms with Crippen LogP contribution in [0.25, 0.3) is 0 Å². The van der Waals surface area contributed by atoms with Crippen molar-refractivity contribution in [3.05, 3.63) is 0 Å². The zero-order valence-electron chi connectivity index (χ0n) is 38.6. The number of esters is 1. The number of hydrogen-bond donors (Lipinski definition) is 3. The lowest BCUT2D eigenvalue weighted by Gasteiger charge is -2.20. The van der Waals surface area contributed by atoms with Crippen molar-refractivity contribution in [3.63, 3.8) is 0 Å². The van der Waals surface area contributed by atoms with Gasteiger partial charge in [0.1, 0.15) is 12.1 Å². The number of phosphoric acid groups is 1. The Morgan fingerprint density at radius 3 is 1.12 bits per heavy atom. The maximum atomic E-state index is 12.7. The lowest BCUT2D eigenvalue weighted by atomic mass is 10.0. The topological polar surface area (TPSA) is 155 Å². The fourth-order valence-corrected chi connectivity index (χ4v) is 8.27. The molecular formula is C48H96NO9P. The van der Waals surface area contributed by atoms with E-state index in [1.807, 2.05) is 0 Å². The monoisotopic (exact) mass is 862 g/mol. The number of carbonyl (C=O) groups excluding carboxylic acids is 1. The van der Waals surface area contributed by atoms with Crippen molar-refractivity contribution >= 4 is 19.8 Å². The highest BCUT2D eigenvalue weighted by Crippen LogP contribution is 2.43. The molecule has 0 saturated heterocycles. The predicted molar refractivity (Wildman–Crippen MR) is 245 cm³/mol. The Labute approximate surface area is 363 Å². The average Bonchev–Trinajstić information content (AvgIpc) is 3.21. The summed E-state index contributed by atoms with van der Waals surface area (Å²) >= 11 is 0. The maximum Gasteiger partial charge on any atom is 0.472 e. The Hall–Kier alpha value is -1.03. The van der Waals surface area contributed by atoms with Crippen LogP contribution in [0.3, 0.4) is 0 Å². The molecule has 0 bridgehead atoms. The lowest BCUT2D eigenvalue weighted by Crippen LogP contribution is -2.34. The van der Waals surface area contributed by atoms with E-state index in [9.17, 15) is 19.0 Å². The van der Waals surface area contributed by atoms with Crippen LogP contribution >= 0.6 is 7.82 Å². The molecule has 0 amide bonds. The summed E-state index contributed by atoms with van der Waals surface area (Å²) in [5.74, 6) is -1.76. The highest BCUT2D eigenvalue weighted by Gasteiger charge is 2.27. The number of carbonyl (C=O) groups is 2. The van der Waals surface area contributed by atoms with Gasteiger partial charge >= 0.3 is 19.8 Å². The molecule has 0 aromatic rings. The van der Waals surface area contributed by atoms with Crippen LogP contribution in [0.5, 0.6) is 0 Å². The quantitative estimate of drug-likeness (QED) is 0.0306. The maximum absolute atomic E-state index is 12.7. The van der Waals surface area contributed by atoms with Gasteiger partial charge in [0.25, 0.3) is 0 Å². The van der Waals surface area contributed by atoms with Crippen molar-refractivity contribution in [2.75, 3.05) is 26.4 Å². The summed E-state index contributed by atoms with van der Waals surface area (Å²) in [5.41, 5.74) is 5.37. The largest absolute Gasteiger partial charge is 0.480 e. The van der Waals surface area contributed by atoms with Crippen molar-refractivity contribution in [2.45, 2.75) is 270 Å². The SMILES string of the molecule is CCCCCCCCCCCCCCCCCCCCCCCCCC(=O)O[C@H](COCCCCCCCCCCCCCCCC)COP(=O)(O)OC[C@H](N)C(=O)O. The Bertz CT molecular complexity index is 955. The molecule has 0 saturated carbocycles. The van der Waals surface area contributed by atoms with E-state index in [-0.39, 0.29) is 13.0 Å². The summed E-state index contributed by atoms with van der Waals surface area (Å²) in [6.07, 6.45) is 47.3. The number of carboxylic acid groups (broad SMARTS) is 1. The van der Waals surface area contributed by atoms with Crippen LogP contribution in [0.15, 0.2) is 0 Å². The summed E-state index contributed by atoms with van der Waals surface area (Å²) in [6, 6.07) is -1.47. The third-order valence-electron chi connectivity index (χ3n) is 11.4. The van der Waals surface area contributed by atoms with E-state index in [4.69, 9.17) is 29.4 Å². The van der Waals surface area contributed by atoms with Crippen LogP contribution in [-0.2, 0) is 32.7 Å². The van der Waals surface area contributed by atoms with Crippen molar-refractivity contribution < 1.29 is 42.7 Å². The molecule has 0 aromatic heterocycles. The molecule has 59 heavy (non-hydrogen) atoms. The number of unbranched alkanes of at least 4 members (excludes halogenated alkanes) is 35. The first kappa shape index (κ1) is 58.0. The smallest absolute Gasteiger partial charge is 0.472 e. The first-order valence-corrected chi connectivity index (χ1v) is 26.6. The number of ether oxygens (including phenoxy) is 2. The Morgan fingerprint density at radius 1 is 0.475 bits per heavy atom. The normalized spacial score (nSPS) is 13.7. The molecule has 0 spiro atoms. The molecule has 3 atom stereocenters. The van der Waals surface area contributed by atoms with E-state index in [1.54, 1.807) is 0 Å². The van der Waals surface area contributed by atoms with Gasteiger partial charge in [0.2, 0.25) is 0 Å². The van der Waals surface area contributed by atoms with Gasteiger partial charge in [-0.05, 0) is 12.8 Å². The van der Waals surface area contributed by atoms with Gasteiger partial charge < -0.3 is 25.2 Å². The van der Waals surface area contributed by atoms with Gasteiger partial charge in [0, 0.05) is 13.0 Å². The zero-order valence-corrected chi connectivity index (χ0v) is 39.5. The molecule has 10 nitrogen and oxygen atoms in total. The molecule has 0 aliphatic heterocycles. The zero-order chi connectivity index (χ0) is 43.3. The van der Waals surface area contributed by atoms with Gasteiger partial charge in [0.15, 0.2) is 0 Å². The molecule has 0 fully saturated rings. The van der Waals surface area contributed by atoms with E-state index in [0.29, 0.717) is 6.61 Å². The van der Waals surface area contributed by atoms with Crippen LogP contribution in [0.4, 0.5) is 0 Å². The lowest BCUT2D eigenvalue weighted by molar-refractivity contribution is -0.154. The molecule has 0 aliphatic carbocycles. The van der Waals surface area contributed by atoms with Crippen LogP contribution in [0.2, 0.25) is 0 Å². The van der Waals surface area contributed by atoms with Crippen LogP contribution in [0.1, 0.15) is 258 Å². The molecule has 1 unspecified atom stereocenters. The summed E-state index contributed by atoms with van der Waals surface area (Å²) in [7, 11) is -4.61. The third kappa shape index (κ3) is 44.8. The minimum absolute atomic E-state index is 0.0260. The number of nitrogens with two attached hydrogens (primary N) is 1. The van der Waals surface area contributed by atoms with Crippen LogP contribution < -0.4 is 5.73 Å².